The van der Waals surface area contributed by atoms with E-state index in [0.29, 0.717) is 4.34 Å². The van der Waals surface area contributed by atoms with Crippen molar-refractivity contribution in [2.24, 2.45) is 0 Å². The maximum atomic E-state index is 14.1. The van der Waals surface area contributed by atoms with Gasteiger partial charge in [-0.3, -0.25) is 0 Å². The van der Waals surface area contributed by atoms with E-state index in [1.807, 2.05) is 0 Å². The highest BCUT2D eigenvalue weighted by molar-refractivity contribution is 7.91. The molecule has 1 aromatic heterocycles. The van der Waals surface area contributed by atoms with Gasteiger partial charge in [-0.15, -0.1) is 11.3 Å². The second kappa shape index (κ2) is 6.88. The summed E-state index contributed by atoms with van der Waals surface area (Å²) in [7, 11) is -3.67. The smallest absolute Gasteiger partial charge is 0.252 e. The first kappa shape index (κ1) is 18.1. The zero-order chi connectivity index (χ0) is 18.2. The second-order valence-electron chi connectivity index (χ2n) is 5.35. The summed E-state index contributed by atoms with van der Waals surface area (Å²) in [6, 6.07) is 6.57. The zero-order valence-electron chi connectivity index (χ0n) is 12.7. The fraction of sp³-hybridized carbons (Fsp3) is 0.267. The minimum absolute atomic E-state index is 0.0940. The lowest BCUT2D eigenvalue weighted by Crippen LogP contribution is -2.49. The van der Waals surface area contributed by atoms with Crippen molar-refractivity contribution in [3.63, 3.8) is 0 Å². The highest BCUT2D eigenvalue weighted by atomic mass is 35.5. The molecule has 0 aliphatic carbocycles. The molecule has 2 heterocycles. The maximum absolute atomic E-state index is 14.1. The van der Waals surface area contributed by atoms with Gasteiger partial charge in [0.25, 0.3) is 10.0 Å². The Balaban J connectivity index is 1.78. The fourth-order valence-electron chi connectivity index (χ4n) is 2.65. The normalized spacial score (nSPS) is 16.0. The lowest BCUT2D eigenvalue weighted by Gasteiger charge is -2.35. The molecular weight excluding hydrogens is 392 g/mol. The Kier molecular flexibility index (Phi) is 4.97. The predicted molar refractivity (Wildman–Crippen MR) is 91.4 cm³/mol. The topological polar surface area (TPSA) is 64.4 Å². The van der Waals surface area contributed by atoms with Crippen molar-refractivity contribution in [3.8, 4) is 6.07 Å². The first-order valence-corrected chi connectivity index (χ1v) is 9.86. The van der Waals surface area contributed by atoms with E-state index in [-0.39, 0.29) is 41.6 Å². The number of hydrogen-bond donors (Lipinski definition) is 0. The number of piperazine rings is 1. The lowest BCUT2D eigenvalue weighted by atomic mass is 10.1. The number of thiophene rings is 1. The molecule has 132 valence electrons. The van der Waals surface area contributed by atoms with Crippen LogP contribution in [-0.4, -0.2) is 38.9 Å². The van der Waals surface area contributed by atoms with Crippen LogP contribution in [0.15, 0.2) is 28.5 Å². The van der Waals surface area contributed by atoms with E-state index in [2.05, 4.69) is 0 Å². The average molecular weight is 404 g/mol. The molecule has 0 saturated carbocycles. The van der Waals surface area contributed by atoms with Crippen LogP contribution in [0.2, 0.25) is 4.34 Å². The fourth-order valence-corrected chi connectivity index (χ4v) is 5.71. The van der Waals surface area contributed by atoms with Crippen LogP contribution in [-0.2, 0) is 10.0 Å². The van der Waals surface area contributed by atoms with Crippen molar-refractivity contribution < 1.29 is 17.2 Å². The summed E-state index contributed by atoms with van der Waals surface area (Å²) in [5.74, 6) is -1.67. The first-order valence-electron chi connectivity index (χ1n) is 7.22. The first-order chi connectivity index (χ1) is 11.8. The van der Waals surface area contributed by atoms with E-state index in [9.17, 15) is 17.2 Å². The highest BCUT2D eigenvalue weighted by Crippen LogP contribution is 2.30. The molecule has 5 nitrogen and oxygen atoms in total. The van der Waals surface area contributed by atoms with Crippen LogP contribution in [0.1, 0.15) is 5.56 Å². The molecule has 0 unspecified atom stereocenters. The van der Waals surface area contributed by atoms with Crippen molar-refractivity contribution in [1.29, 1.82) is 5.26 Å². The van der Waals surface area contributed by atoms with Crippen molar-refractivity contribution in [2.75, 3.05) is 31.1 Å². The number of halogens is 3. The molecule has 1 aliphatic rings. The van der Waals surface area contributed by atoms with Crippen LogP contribution in [0.3, 0.4) is 0 Å². The van der Waals surface area contributed by atoms with Crippen LogP contribution in [0.5, 0.6) is 0 Å². The van der Waals surface area contributed by atoms with E-state index < -0.39 is 21.7 Å². The third-order valence-electron chi connectivity index (χ3n) is 3.84. The minimum atomic E-state index is -3.67. The van der Waals surface area contributed by atoms with Crippen LogP contribution in [0.4, 0.5) is 14.5 Å². The third-order valence-corrected chi connectivity index (χ3v) is 7.44. The van der Waals surface area contributed by atoms with Gasteiger partial charge in [0.05, 0.1) is 16.0 Å². The van der Waals surface area contributed by atoms with Gasteiger partial charge in [0.2, 0.25) is 0 Å². The summed E-state index contributed by atoms with van der Waals surface area (Å²) in [5, 5.41) is 8.74. The number of hydrogen-bond acceptors (Lipinski definition) is 5. The molecule has 3 rings (SSSR count). The van der Waals surface area contributed by atoms with Crippen LogP contribution >= 0.6 is 22.9 Å². The Labute approximate surface area is 152 Å². The number of rotatable bonds is 3. The van der Waals surface area contributed by atoms with Gasteiger partial charge in [-0.05, 0) is 24.3 Å². The summed E-state index contributed by atoms with van der Waals surface area (Å²) in [5.41, 5.74) is -0.343. The molecule has 0 N–H and O–H groups in total. The summed E-state index contributed by atoms with van der Waals surface area (Å²) in [6.45, 7) is 0.462. The quantitative estimate of drug-likeness (QED) is 0.790. The lowest BCUT2D eigenvalue weighted by molar-refractivity contribution is 0.382. The largest absolute Gasteiger partial charge is 0.364 e. The number of anilines is 1. The molecule has 1 saturated heterocycles. The van der Waals surface area contributed by atoms with Crippen molar-refractivity contribution in [3.05, 3.63) is 45.8 Å². The highest BCUT2D eigenvalue weighted by Gasteiger charge is 2.31. The molecule has 0 amide bonds. The summed E-state index contributed by atoms with van der Waals surface area (Å²) in [4.78, 5) is 1.44. The Bertz CT molecular complexity index is 925. The molecule has 10 heteroatoms. The molecule has 1 fully saturated rings. The minimum Gasteiger partial charge on any atom is -0.364 e. The molecular formula is C15H12ClF2N3O2S2. The maximum Gasteiger partial charge on any atom is 0.252 e. The molecule has 2 aromatic rings. The second-order valence-corrected chi connectivity index (χ2v) is 9.23. The molecule has 0 spiro atoms. The van der Waals surface area contributed by atoms with E-state index in [1.54, 1.807) is 6.07 Å². The van der Waals surface area contributed by atoms with Gasteiger partial charge >= 0.3 is 0 Å². The van der Waals surface area contributed by atoms with Gasteiger partial charge in [0.15, 0.2) is 11.6 Å². The molecule has 1 aliphatic heterocycles. The summed E-state index contributed by atoms with van der Waals surface area (Å²) < 4.78 is 55.1. The van der Waals surface area contributed by atoms with Crippen LogP contribution < -0.4 is 4.90 Å². The summed E-state index contributed by atoms with van der Waals surface area (Å²) in [6.07, 6.45) is 0. The predicted octanol–water partition coefficient (Wildman–Crippen LogP) is 3.06. The zero-order valence-corrected chi connectivity index (χ0v) is 15.1. The van der Waals surface area contributed by atoms with Gasteiger partial charge in [-0.2, -0.15) is 9.57 Å². The standard InChI is InChI=1S/C15H12ClF2N3O2S2/c16-13-1-2-14(24-13)25(22,23)21-5-3-20(4-6-21)15-11(17)7-10(9-19)8-12(15)18/h1-2,7-8H,3-6H2. The summed E-state index contributed by atoms with van der Waals surface area (Å²) >= 11 is 6.76. The van der Waals surface area contributed by atoms with Crippen molar-refractivity contribution in [2.45, 2.75) is 4.21 Å². The molecule has 0 atom stereocenters. The van der Waals surface area contributed by atoms with Gasteiger partial charge in [0.1, 0.15) is 9.90 Å². The van der Waals surface area contributed by atoms with E-state index in [4.69, 9.17) is 16.9 Å². The van der Waals surface area contributed by atoms with Gasteiger partial charge in [-0.1, -0.05) is 11.6 Å². The van der Waals surface area contributed by atoms with E-state index in [1.165, 1.54) is 21.3 Å². The van der Waals surface area contributed by atoms with E-state index in [0.717, 1.165) is 23.5 Å². The molecule has 0 radical (unpaired) electrons. The molecule has 1 aromatic carbocycles. The molecule has 0 bridgehead atoms. The van der Waals surface area contributed by atoms with Crippen molar-refractivity contribution >= 4 is 38.6 Å². The monoisotopic (exact) mass is 403 g/mol. The van der Waals surface area contributed by atoms with Crippen LogP contribution in [0.25, 0.3) is 0 Å². The van der Waals surface area contributed by atoms with Crippen LogP contribution in [0, 0.1) is 23.0 Å². The van der Waals surface area contributed by atoms with Gasteiger partial charge in [-0.25, -0.2) is 17.2 Å². The number of benzene rings is 1. The SMILES string of the molecule is N#Cc1cc(F)c(N2CCN(S(=O)(=O)c3ccc(Cl)s3)CC2)c(F)c1. The van der Waals surface area contributed by atoms with Gasteiger partial charge in [0, 0.05) is 26.2 Å². The number of sulfonamides is 1. The Morgan fingerprint density at radius 2 is 1.72 bits per heavy atom. The molecule has 25 heavy (non-hydrogen) atoms. The number of nitriles is 1. The van der Waals surface area contributed by atoms with E-state index >= 15 is 0 Å². The third kappa shape index (κ3) is 3.48. The van der Waals surface area contributed by atoms with Gasteiger partial charge < -0.3 is 4.90 Å². The Hall–Kier alpha value is -1.73. The Morgan fingerprint density at radius 3 is 2.20 bits per heavy atom. The Morgan fingerprint density at radius 1 is 1.12 bits per heavy atom. The number of nitrogens with zero attached hydrogens (tertiary/aromatic N) is 3. The average Bonchev–Trinajstić information content (AvgIpc) is 3.02. The van der Waals surface area contributed by atoms with Crippen molar-refractivity contribution in [1.82, 2.24) is 4.31 Å².